The molecule has 4 heteroatoms. The minimum atomic E-state index is 0.493. The van der Waals surface area contributed by atoms with Gasteiger partial charge in [-0.2, -0.15) is 0 Å². The fraction of sp³-hybridized carbons (Fsp3) is 0.833. The maximum absolute atomic E-state index is 5.70. The van der Waals surface area contributed by atoms with Crippen LogP contribution in [0.25, 0.3) is 0 Å². The number of nitrogens with zero attached hydrogens (tertiary/aromatic N) is 2. The molecule has 1 fully saturated rings. The molecule has 0 saturated heterocycles. The highest BCUT2D eigenvalue weighted by Gasteiger charge is 2.29. The smallest absolute Gasteiger partial charge is 0.230 e. The van der Waals surface area contributed by atoms with Crippen LogP contribution in [0.1, 0.15) is 57.2 Å². The molecule has 1 aromatic heterocycles. The maximum atomic E-state index is 5.70. The van der Waals surface area contributed by atoms with E-state index in [-0.39, 0.29) is 0 Å². The van der Waals surface area contributed by atoms with E-state index < -0.39 is 0 Å². The third-order valence-corrected chi connectivity index (χ3v) is 3.36. The molecule has 4 nitrogen and oxygen atoms in total. The van der Waals surface area contributed by atoms with Crippen LogP contribution in [0.15, 0.2) is 4.42 Å². The Morgan fingerprint density at radius 2 is 2.25 bits per heavy atom. The standard InChI is InChI=1S/C12H21N3O/c1-3-7-13-8-11-14-15-12(16-11)10-6-4-5-9(10)2/h9-10,13H,3-8H2,1-2H3. The van der Waals surface area contributed by atoms with Gasteiger partial charge >= 0.3 is 0 Å². The first-order valence-corrected chi connectivity index (χ1v) is 6.34. The predicted molar refractivity (Wildman–Crippen MR) is 62.1 cm³/mol. The molecule has 2 atom stereocenters. The Morgan fingerprint density at radius 1 is 1.38 bits per heavy atom. The van der Waals surface area contributed by atoms with Gasteiger partial charge in [-0.05, 0) is 31.7 Å². The fourth-order valence-corrected chi connectivity index (χ4v) is 2.37. The van der Waals surface area contributed by atoms with E-state index in [1.807, 2.05) is 0 Å². The van der Waals surface area contributed by atoms with Crippen molar-refractivity contribution in [3.8, 4) is 0 Å². The van der Waals surface area contributed by atoms with Gasteiger partial charge < -0.3 is 9.73 Å². The molecule has 1 aliphatic rings. The summed E-state index contributed by atoms with van der Waals surface area (Å²) in [6.07, 6.45) is 4.90. The molecule has 2 rings (SSSR count). The molecular weight excluding hydrogens is 202 g/mol. The summed E-state index contributed by atoms with van der Waals surface area (Å²) in [6.45, 7) is 6.11. The highest BCUT2D eigenvalue weighted by Crippen LogP contribution is 2.38. The van der Waals surface area contributed by atoms with Crippen LogP contribution in [0.3, 0.4) is 0 Å². The number of nitrogens with one attached hydrogen (secondary N) is 1. The summed E-state index contributed by atoms with van der Waals surface area (Å²) in [6, 6.07) is 0. The van der Waals surface area contributed by atoms with Crippen molar-refractivity contribution in [2.75, 3.05) is 6.54 Å². The van der Waals surface area contributed by atoms with E-state index in [2.05, 4.69) is 29.4 Å². The summed E-state index contributed by atoms with van der Waals surface area (Å²) in [5.41, 5.74) is 0. The van der Waals surface area contributed by atoms with E-state index in [0.717, 1.165) is 24.7 Å². The first-order chi connectivity index (χ1) is 7.81. The Kier molecular flexibility index (Phi) is 3.93. The van der Waals surface area contributed by atoms with Gasteiger partial charge in [-0.3, -0.25) is 0 Å². The van der Waals surface area contributed by atoms with Crippen molar-refractivity contribution < 1.29 is 4.42 Å². The molecule has 0 amide bonds. The molecule has 0 spiro atoms. The molecule has 16 heavy (non-hydrogen) atoms. The third-order valence-electron chi connectivity index (χ3n) is 3.36. The lowest BCUT2D eigenvalue weighted by atomic mass is 9.98. The molecule has 0 bridgehead atoms. The summed E-state index contributed by atoms with van der Waals surface area (Å²) in [7, 11) is 0. The minimum absolute atomic E-state index is 0.493. The van der Waals surface area contributed by atoms with Crippen molar-refractivity contribution in [1.82, 2.24) is 15.5 Å². The summed E-state index contributed by atoms with van der Waals surface area (Å²) < 4.78 is 5.70. The largest absolute Gasteiger partial charge is 0.424 e. The summed E-state index contributed by atoms with van der Waals surface area (Å²) in [5, 5.41) is 11.5. The first kappa shape index (κ1) is 11.6. The zero-order chi connectivity index (χ0) is 11.4. The van der Waals surface area contributed by atoms with Gasteiger partial charge in [-0.1, -0.05) is 20.3 Å². The highest BCUT2D eigenvalue weighted by atomic mass is 16.4. The molecule has 90 valence electrons. The molecule has 1 N–H and O–H groups in total. The average Bonchev–Trinajstić information content (AvgIpc) is 2.87. The Hall–Kier alpha value is -0.900. The van der Waals surface area contributed by atoms with E-state index >= 15 is 0 Å². The van der Waals surface area contributed by atoms with Gasteiger partial charge in [0.25, 0.3) is 0 Å². The van der Waals surface area contributed by atoms with Gasteiger partial charge in [0.15, 0.2) is 0 Å². The topological polar surface area (TPSA) is 51.0 Å². The fourth-order valence-electron chi connectivity index (χ4n) is 2.37. The molecule has 0 aromatic carbocycles. The van der Waals surface area contributed by atoms with Gasteiger partial charge in [-0.15, -0.1) is 10.2 Å². The maximum Gasteiger partial charge on any atom is 0.230 e. The first-order valence-electron chi connectivity index (χ1n) is 6.34. The van der Waals surface area contributed by atoms with Crippen molar-refractivity contribution >= 4 is 0 Å². The third kappa shape index (κ3) is 2.61. The molecule has 2 unspecified atom stereocenters. The van der Waals surface area contributed by atoms with E-state index in [9.17, 15) is 0 Å². The van der Waals surface area contributed by atoms with Crippen molar-refractivity contribution in [2.24, 2.45) is 5.92 Å². The van der Waals surface area contributed by atoms with Gasteiger partial charge in [0.1, 0.15) is 0 Å². The lowest BCUT2D eigenvalue weighted by molar-refractivity contribution is 0.373. The van der Waals surface area contributed by atoms with Crippen LogP contribution >= 0.6 is 0 Å². The van der Waals surface area contributed by atoms with Crippen LogP contribution in [0.5, 0.6) is 0 Å². The van der Waals surface area contributed by atoms with Crippen LogP contribution in [-0.4, -0.2) is 16.7 Å². The quantitative estimate of drug-likeness (QED) is 0.779. The van der Waals surface area contributed by atoms with Gasteiger partial charge in [0.05, 0.1) is 6.54 Å². The normalized spacial score (nSPS) is 25.1. The molecule has 1 heterocycles. The van der Waals surface area contributed by atoms with Crippen LogP contribution < -0.4 is 5.32 Å². The average molecular weight is 223 g/mol. The van der Waals surface area contributed by atoms with Crippen molar-refractivity contribution in [3.05, 3.63) is 11.8 Å². The van der Waals surface area contributed by atoms with Gasteiger partial charge in [0.2, 0.25) is 11.8 Å². The van der Waals surface area contributed by atoms with Gasteiger partial charge in [0, 0.05) is 5.92 Å². The van der Waals surface area contributed by atoms with Crippen LogP contribution in [-0.2, 0) is 6.54 Å². The van der Waals surface area contributed by atoms with Crippen LogP contribution in [0.2, 0.25) is 0 Å². The lowest BCUT2D eigenvalue weighted by Crippen LogP contribution is -2.13. The molecular formula is C12H21N3O. The zero-order valence-corrected chi connectivity index (χ0v) is 10.2. The lowest BCUT2D eigenvalue weighted by Gasteiger charge is -2.09. The molecule has 0 aliphatic heterocycles. The summed E-state index contributed by atoms with van der Waals surface area (Å²) in [5.74, 6) is 2.75. The molecule has 1 aromatic rings. The second-order valence-corrected chi connectivity index (χ2v) is 4.73. The number of hydrogen-bond acceptors (Lipinski definition) is 4. The molecule has 1 aliphatic carbocycles. The van der Waals surface area contributed by atoms with E-state index in [1.54, 1.807) is 0 Å². The van der Waals surface area contributed by atoms with E-state index in [4.69, 9.17) is 4.42 Å². The Morgan fingerprint density at radius 3 is 2.94 bits per heavy atom. The van der Waals surface area contributed by atoms with E-state index in [1.165, 1.54) is 19.3 Å². The number of hydrogen-bond donors (Lipinski definition) is 1. The highest BCUT2D eigenvalue weighted by molar-refractivity contribution is 4.97. The molecule has 0 radical (unpaired) electrons. The summed E-state index contributed by atoms with van der Waals surface area (Å²) >= 11 is 0. The minimum Gasteiger partial charge on any atom is -0.424 e. The van der Waals surface area contributed by atoms with Crippen molar-refractivity contribution in [1.29, 1.82) is 0 Å². The van der Waals surface area contributed by atoms with Crippen LogP contribution in [0, 0.1) is 5.92 Å². The monoisotopic (exact) mass is 223 g/mol. The molecule has 1 saturated carbocycles. The SMILES string of the molecule is CCCNCc1nnc(C2CCCC2C)o1. The predicted octanol–water partition coefficient (Wildman–Crippen LogP) is 2.47. The second-order valence-electron chi connectivity index (χ2n) is 4.73. The second kappa shape index (κ2) is 5.43. The number of rotatable bonds is 5. The van der Waals surface area contributed by atoms with Crippen LogP contribution in [0.4, 0.5) is 0 Å². The van der Waals surface area contributed by atoms with E-state index in [0.29, 0.717) is 18.4 Å². The Balaban J connectivity index is 1.91. The van der Waals surface area contributed by atoms with Gasteiger partial charge in [-0.25, -0.2) is 0 Å². The zero-order valence-electron chi connectivity index (χ0n) is 10.2. The summed E-state index contributed by atoms with van der Waals surface area (Å²) in [4.78, 5) is 0. The Labute approximate surface area is 96.8 Å². The van der Waals surface area contributed by atoms with Crippen molar-refractivity contribution in [2.45, 2.75) is 52.0 Å². The number of aromatic nitrogens is 2. The van der Waals surface area contributed by atoms with Crippen molar-refractivity contribution in [3.63, 3.8) is 0 Å². The Bertz CT molecular complexity index is 324.